The number of nitrogens with zero attached hydrogens (tertiary/aromatic N) is 2. The Morgan fingerprint density at radius 3 is 2.31 bits per heavy atom. The third kappa shape index (κ3) is 7.55. The first-order valence-electron chi connectivity index (χ1n) is 8.81. The summed E-state index contributed by atoms with van der Waals surface area (Å²) in [6.07, 6.45) is 0. The van der Waals surface area contributed by atoms with Crippen molar-refractivity contribution in [3.63, 3.8) is 0 Å². The van der Waals surface area contributed by atoms with Crippen molar-refractivity contribution in [1.82, 2.24) is 20.9 Å². The van der Waals surface area contributed by atoms with Crippen LogP contribution in [0.4, 0.5) is 0 Å². The highest BCUT2D eigenvalue weighted by Crippen LogP contribution is 2.13. The maximum absolute atomic E-state index is 12.1. The number of benzene rings is 1. The molecule has 1 rings (SSSR count). The van der Waals surface area contributed by atoms with Gasteiger partial charge in [0.25, 0.3) is 0 Å². The molecule has 0 aliphatic rings. The molecule has 0 unspecified atom stereocenters. The second-order valence-corrected chi connectivity index (χ2v) is 6.89. The molecule has 26 heavy (non-hydrogen) atoms. The first-order valence-corrected chi connectivity index (χ1v) is 8.81. The lowest BCUT2D eigenvalue weighted by Gasteiger charge is -2.25. The van der Waals surface area contributed by atoms with Crippen molar-refractivity contribution < 1.29 is 9.59 Å². The molecule has 0 aliphatic carbocycles. The lowest BCUT2D eigenvalue weighted by Crippen LogP contribution is -2.49. The van der Waals surface area contributed by atoms with Crippen LogP contribution in [0.5, 0.6) is 0 Å². The average molecular weight is 361 g/mol. The molecular formula is C19H31N5O2. The van der Waals surface area contributed by atoms with E-state index in [1.807, 2.05) is 51.1 Å². The number of amides is 2. The molecule has 2 amide bonds. The molecule has 0 atom stereocenters. The van der Waals surface area contributed by atoms with Gasteiger partial charge >= 0.3 is 0 Å². The summed E-state index contributed by atoms with van der Waals surface area (Å²) >= 11 is 0. The Kier molecular flexibility index (Phi) is 8.61. The van der Waals surface area contributed by atoms with Gasteiger partial charge in [0.15, 0.2) is 5.96 Å². The molecule has 0 bridgehead atoms. The van der Waals surface area contributed by atoms with Gasteiger partial charge < -0.3 is 20.9 Å². The van der Waals surface area contributed by atoms with Crippen molar-refractivity contribution in [3.05, 3.63) is 35.9 Å². The minimum atomic E-state index is -0.600. The Morgan fingerprint density at radius 2 is 1.73 bits per heavy atom. The van der Waals surface area contributed by atoms with Crippen molar-refractivity contribution in [2.24, 2.45) is 10.4 Å². The Balaban J connectivity index is 2.76. The molecule has 7 heteroatoms. The van der Waals surface area contributed by atoms with Crippen LogP contribution < -0.4 is 16.0 Å². The van der Waals surface area contributed by atoms with Crippen LogP contribution in [0.2, 0.25) is 0 Å². The zero-order valence-electron chi connectivity index (χ0n) is 16.4. The quantitative estimate of drug-likeness (QED) is 0.476. The van der Waals surface area contributed by atoms with E-state index in [4.69, 9.17) is 0 Å². The van der Waals surface area contributed by atoms with Gasteiger partial charge in [-0.05, 0) is 26.3 Å². The molecule has 1 aromatic rings. The van der Waals surface area contributed by atoms with Crippen LogP contribution in [0.1, 0.15) is 26.3 Å². The minimum absolute atomic E-state index is 0.0284. The number of carbonyl (C=O) groups excluding carboxylic acids is 2. The molecule has 7 nitrogen and oxygen atoms in total. The van der Waals surface area contributed by atoms with Crippen molar-refractivity contribution in [2.45, 2.75) is 27.3 Å². The third-order valence-electron chi connectivity index (χ3n) is 3.82. The molecule has 0 saturated carbocycles. The summed E-state index contributed by atoms with van der Waals surface area (Å²) in [7, 11) is 3.41. The van der Waals surface area contributed by atoms with E-state index < -0.39 is 5.41 Å². The monoisotopic (exact) mass is 361 g/mol. The Bertz CT molecular complexity index is 612. The van der Waals surface area contributed by atoms with Gasteiger partial charge in [-0.15, -0.1) is 0 Å². The predicted octanol–water partition coefficient (Wildman–Crippen LogP) is 0.972. The van der Waals surface area contributed by atoms with Gasteiger partial charge in [-0.1, -0.05) is 30.3 Å². The lowest BCUT2D eigenvalue weighted by atomic mass is 9.92. The molecule has 144 valence electrons. The molecule has 1 aromatic carbocycles. The Labute approximate surface area is 156 Å². The molecule has 3 N–H and O–H groups in total. The summed E-state index contributed by atoms with van der Waals surface area (Å²) in [4.78, 5) is 30.0. The van der Waals surface area contributed by atoms with Crippen LogP contribution in [0.3, 0.4) is 0 Å². The fourth-order valence-electron chi connectivity index (χ4n) is 2.03. The molecule has 0 saturated heterocycles. The summed E-state index contributed by atoms with van der Waals surface area (Å²) in [5.41, 5.74) is 0.465. The molecular weight excluding hydrogens is 330 g/mol. The first-order chi connectivity index (χ1) is 12.3. The second-order valence-electron chi connectivity index (χ2n) is 6.89. The predicted molar refractivity (Wildman–Crippen MR) is 105 cm³/mol. The summed E-state index contributed by atoms with van der Waals surface area (Å²) in [6, 6.07) is 9.85. The summed E-state index contributed by atoms with van der Waals surface area (Å²) in [5, 5.41) is 9.03. The Morgan fingerprint density at radius 1 is 1.08 bits per heavy atom. The maximum Gasteiger partial charge on any atom is 0.241 e. The molecule has 0 fully saturated rings. The largest absolute Gasteiger partial charge is 0.356 e. The van der Waals surface area contributed by atoms with Gasteiger partial charge in [0, 0.05) is 27.2 Å². The van der Waals surface area contributed by atoms with E-state index in [0.29, 0.717) is 25.6 Å². The molecule has 0 heterocycles. The fourth-order valence-corrected chi connectivity index (χ4v) is 2.03. The van der Waals surface area contributed by atoms with E-state index in [0.717, 1.165) is 5.56 Å². The smallest absolute Gasteiger partial charge is 0.241 e. The minimum Gasteiger partial charge on any atom is -0.356 e. The summed E-state index contributed by atoms with van der Waals surface area (Å²) < 4.78 is 0. The molecule has 0 aliphatic heterocycles. The van der Waals surface area contributed by atoms with E-state index in [2.05, 4.69) is 20.9 Å². The maximum atomic E-state index is 12.1. The zero-order valence-corrected chi connectivity index (χ0v) is 16.4. The van der Waals surface area contributed by atoms with Gasteiger partial charge in [0.1, 0.15) is 0 Å². The van der Waals surface area contributed by atoms with Gasteiger partial charge in [0.2, 0.25) is 11.8 Å². The number of rotatable bonds is 8. The SMILES string of the molecule is CCNC(=O)C(C)(C)CNC(=NCc1ccccc1)NCC(=O)N(C)C. The zero-order chi connectivity index (χ0) is 19.6. The highest BCUT2D eigenvalue weighted by atomic mass is 16.2. The number of carbonyl (C=O) groups is 2. The second kappa shape index (κ2) is 10.4. The van der Waals surface area contributed by atoms with Crippen molar-refractivity contribution in [2.75, 3.05) is 33.7 Å². The van der Waals surface area contributed by atoms with Crippen LogP contribution in [0.15, 0.2) is 35.3 Å². The van der Waals surface area contributed by atoms with Crippen LogP contribution in [0, 0.1) is 5.41 Å². The van der Waals surface area contributed by atoms with Gasteiger partial charge in [-0.3, -0.25) is 9.59 Å². The molecule has 0 spiro atoms. The first kappa shape index (κ1) is 21.5. The van der Waals surface area contributed by atoms with E-state index in [9.17, 15) is 9.59 Å². The number of likely N-dealkylation sites (N-methyl/N-ethyl adjacent to an activating group) is 1. The lowest BCUT2D eigenvalue weighted by molar-refractivity contribution is -0.129. The molecule has 0 radical (unpaired) electrons. The van der Waals surface area contributed by atoms with E-state index >= 15 is 0 Å². The van der Waals surface area contributed by atoms with Crippen LogP contribution in [0.25, 0.3) is 0 Å². The van der Waals surface area contributed by atoms with Gasteiger partial charge in [-0.25, -0.2) is 4.99 Å². The topological polar surface area (TPSA) is 85.8 Å². The number of aliphatic imine (C=N–C) groups is 1. The average Bonchev–Trinajstić information content (AvgIpc) is 2.61. The van der Waals surface area contributed by atoms with Crippen LogP contribution >= 0.6 is 0 Å². The third-order valence-corrected chi connectivity index (χ3v) is 3.82. The normalized spacial score (nSPS) is 11.7. The van der Waals surface area contributed by atoms with Crippen molar-refractivity contribution in [1.29, 1.82) is 0 Å². The number of hydrogen-bond donors (Lipinski definition) is 3. The van der Waals surface area contributed by atoms with Crippen molar-refractivity contribution in [3.8, 4) is 0 Å². The van der Waals surface area contributed by atoms with Crippen LogP contribution in [-0.2, 0) is 16.1 Å². The number of guanidine groups is 1. The Hall–Kier alpha value is -2.57. The standard InChI is InChI=1S/C19H31N5O2/c1-6-20-17(26)19(2,3)14-23-18(22-13-16(25)24(4)5)21-12-15-10-8-7-9-11-15/h7-11H,6,12-14H2,1-5H3,(H,20,26)(H2,21,22,23). The van der Waals surface area contributed by atoms with Gasteiger partial charge in [0.05, 0.1) is 18.5 Å². The number of nitrogens with one attached hydrogen (secondary N) is 3. The van der Waals surface area contributed by atoms with Crippen molar-refractivity contribution >= 4 is 17.8 Å². The van der Waals surface area contributed by atoms with E-state index in [1.54, 1.807) is 14.1 Å². The number of hydrogen-bond acceptors (Lipinski definition) is 3. The van der Waals surface area contributed by atoms with Crippen LogP contribution in [-0.4, -0.2) is 56.4 Å². The van der Waals surface area contributed by atoms with E-state index in [-0.39, 0.29) is 18.4 Å². The summed E-state index contributed by atoms with van der Waals surface area (Å²) in [5.74, 6) is 0.419. The fraction of sp³-hybridized carbons (Fsp3) is 0.526. The highest BCUT2D eigenvalue weighted by molar-refractivity contribution is 5.87. The van der Waals surface area contributed by atoms with E-state index in [1.165, 1.54) is 4.90 Å². The van der Waals surface area contributed by atoms with Gasteiger partial charge in [-0.2, -0.15) is 0 Å². The highest BCUT2D eigenvalue weighted by Gasteiger charge is 2.27. The summed E-state index contributed by atoms with van der Waals surface area (Å²) in [6.45, 7) is 7.23. The molecule has 0 aromatic heterocycles.